The molecule has 5 nitrogen and oxygen atoms in total. The van der Waals surface area contributed by atoms with Crippen LogP contribution in [0.4, 0.5) is 0 Å². The molecular formula is C21H29N3O2. The Labute approximate surface area is 156 Å². The lowest BCUT2D eigenvalue weighted by Gasteiger charge is -2.32. The van der Waals surface area contributed by atoms with Gasteiger partial charge in [-0.2, -0.15) is 0 Å². The maximum atomic E-state index is 12.8. The van der Waals surface area contributed by atoms with E-state index in [9.17, 15) is 4.79 Å². The number of benzene rings is 1. The number of amides is 1. The zero-order valence-electron chi connectivity index (χ0n) is 16.0. The molecule has 140 valence electrons. The van der Waals surface area contributed by atoms with Gasteiger partial charge in [0.2, 0.25) is 5.91 Å². The highest BCUT2D eigenvalue weighted by Crippen LogP contribution is 2.29. The normalized spacial score (nSPS) is 14.3. The molecule has 1 amide bonds. The summed E-state index contributed by atoms with van der Waals surface area (Å²) >= 11 is 0. The molecule has 0 radical (unpaired) electrons. The van der Waals surface area contributed by atoms with Gasteiger partial charge >= 0.3 is 0 Å². The average molecular weight is 355 g/mol. The van der Waals surface area contributed by atoms with E-state index in [0.29, 0.717) is 18.4 Å². The summed E-state index contributed by atoms with van der Waals surface area (Å²) in [4.78, 5) is 19.3. The maximum Gasteiger partial charge on any atom is 0.226 e. The summed E-state index contributed by atoms with van der Waals surface area (Å²) < 4.78 is 7.43. The molecule has 0 saturated heterocycles. The highest BCUT2D eigenvalue weighted by Gasteiger charge is 2.30. The van der Waals surface area contributed by atoms with Crippen molar-refractivity contribution in [3.05, 3.63) is 48.0 Å². The summed E-state index contributed by atoms with van der Waals surface area (Å²) in [7, 11) is 1.68. The van der Waals surface area contributed by atoms with E-state index in [-0.39, 0.29) is 5.92 Å². The molecule has 0 bridgehead atoms. The lowest BCUT2D eigenvalue weighted by Crippen LogP contribution is -2.41. The van der Waals surface area contributed by atoms with E-state index in [2.05, 4.69) is 29.5 Å². The van der Waals surface area contributed by atoms with Crippen LogP contribution in [0.25, 0.3) is 0 Å². The minimum atomic E-state index is 0.218. The van der Waals surface area contributed by atoms with Gasteiger partial charge in [0, 0.05) is 31.4 Å². The number of hydrogen-bond donors (Lipinski definition) is 0. The van der Waals surface area contributed by atoms with Crippen LogP contribution < -0.4 is 4.74 Å². The summed E-state index contributed by atoms with van der Waals surface area (Å²) in [6.45, 7) is 6.39. The SMILES string of the molecule is COc1cccc(Cn2ccnc2CN(CC(C)C)C(=O)C2CCC2)c1. The van der Waals surface area contributed by atoms with Crippen molar-refractivity contribution in [2.45, 2.75) is 46.2 Å². The molecule has 1 aliphatic rings. The lowest BCUT2D eigenvalue weighted by molar-refractivity contribution is -0.139. The van der Waals surface area contributed by atoms with Crippen LogP contribution in [0.5, 0.6) is 5.75 Å². The van der Waals surface area contributed by atoms with Gasteiger partial charge in [0.15, 0.2) is 0 Å². The van der Waals surface area contributed by atoms with Gasteiger partial charge in [-0.3, -0.25) is 4.79 Å². The van der Waals surface area contributed by atoms with Gasteiger partial charge in [-0.15, -0.1) is 0 Å². The van der Waals surface area contributed by atoms with Gasteiger partial charge < -0.3 is 14.2 Å². The molecule has 0 aliphatic heterocycles. The van der Waals surface area contributed by atoms with Crippen LogP contribution in [-0.4, -0.2) is 34.0 Å². The number of nitrogens with zero attached hydrogens (tertiary/aromatic N) is 3. The molecule has 2 aromatic rings. The van der Waals surface area contributed by atoms with Gasteiger partial charge in [0.05, 0.1) is 13.7 Å². The zero-order valence-corrected chi connectivity index (χ0v) is 16.0. The first-order chi connectivity index (χ1) is 12.6. The third-order valence-corrected chi connectivity index (χ3v) is 4.97. The van der Waals surface area contributed by atoms with Crippen molar-refractivity contribution in [2.75, 3.05) is 13.7 Å². The van der Waals surface area contributed by atoms with Gasteiger partial charge in [0.25, 0.3) is 0 Å². The molecule has 1 saturated carbocycles. The van der Waals surface area contributed by atoms with Gasteiger partial charge in [-0.1, -0.05) is 32.4 Å². The number of carbonyl (C=O) groups excluding carboxylic acids is 1. The highest BCUT2D eigenvalue weighted by molar-refractivity contribution is 5.79. The fraction of sp³-hybridized carbons (Fsp3) is 0.524. The van der Waals surface area contributed by atoms with Crippen molar-refractivity contribution in [1.29, 1.82) is 0 Å². The number of rotatable bonds is 8. The molecule has 26 heavy (non-hydrogen) atoms. The van der Waals surface area contributed by atoms with Gasteiger partial charge in [0.1, 0.15) is 11.6 Å². The van der Waals surface area contributed by atoms with Crippen LogP contribution in [0.15, 0.2) is 36.7 Å². The van der Waals surface area contributed by atoms with Gasteiger partial charge in [-0.05, 0) is 36.5 Å². The molecule has 0 atom stereocenters. The Hall–Kier alpha value is -2.30. The first-order valence-corrected chi connectivity index (χ1v) is 9.48. The van der Waals surface area contributed by atoms with E-state index in [4.69, 9.17) is 4.74 Å². The summed E-state index contributed by atoms with van der Waals surface area (Å²) in [6.07, 6.45) is 7.04. The topological polar surface area (TPSA) is 47.4 Å². The van der Waals surface area contributed by atoms with E-state index < -0.39 is 0 Å². The summed E-state index contributed by atoms with van der Waals surface area (Å²) in [5.41, 5.74) is 1.16. The van der Waals surface area contributed by atoms with E-state index >= 15 is 0 Å². The first kappa shape index (κ1) is 18.5. The summed E-state index contributed by atoms with van der Waals surface area (Å²) in [5, 5.41) is 0. The second-order valence-corrected chi connectivity index (χ2v) is 7.56. The molecule has 0 spiro atoms. The molecular weight excluding hydrogens is 326 g/mol. The van der Waals surface area contributed by atoms with E-state index in [1.165, 1.54) is 6.42 Å². The number of hydrogen-bond acceptors (Lipinski definition) is 3. The van der Waals surface area contributed by atoms with Crippen molar-refractivity contribution >= 4 is 5.91 Å². The van der Waals surface area contributed by atoms with Crippen molar-refractivity contribution in [1.82, 2.24) is 14.5 Å². The predicted molar refractivity (Wildman–Crippen MR) is 102 cm³/mol. The molecule has 0 N–H and O–H groups in total. The van der Waals surface area contributed by atoms with Crippen LogP contribution in [-0.2, 0) is 17.9 Å². The molecule has 0 unspecified atom stereocenters. The first-order valence-electron chi connectivity index (χ1n) is 9.48. The summed E-state index contributed by atoms with van der Waals surface area (Å²) in [5.74, 6) is 2.74. The summed E-state index contributed by atoms with van der Waals surface area (Å²) in [6, 6.07) is 8.06. The zero-order chi connectivity index (χ0) is 18.5. The molecule has 1 aliphatic carbocycles. The van der Waals surface area contributed by atoms with E-state index in [1.807, 2.05) is 35.5 Å². The molecule has 5 heteroatoms. The number of methoxy groups -OCH3 is 1. The van der Waals surface area contributed by atoms with E-state index in [1.54, 1.807) is 7.11 Å². The second kappa shape index (κ2) is 8.39. The average Bonchev–Trinajstić information content (AvgIpc) is 2.99. The van der Waals surface area contributed by atoms with Crippen LogP contribution in [0.1, 0.15) is 44.5 Å². The Morgan fingerprint density at radius 2 is 2.19 bits per heavy atom. The Morgan fingerprint density at radius 1 is 1.38 bits per heavy atom. The molecule has 1 heterocycles. The van der Waals surface area contributed by atoms with Gasteiger partial charge in [-0.25, -0.2) is 4.98 Å². The largest absolute Gasteiger partial charge is 0.497 e. The maximum absolute atomic E-state index is 12.8. The van der Waals surface area contributed by atoms with Crippen LogP contribution >= 0.6 is 0 Å². The predicted octanol–water partition coefficient (Wildman–Crippen LogP) is 3.72. The standard InChI is InChI=1S/C21H29N3O2/c1-16(2)13-24(21(25)18-7-5-8-18)15-20-22-10-11-23(20)14-17-6-4-9-19(12-17)26-3/h4,6,9-12,16,18H,5,7-8,13-15H2,1-3H3. The van der Waals surface area contributed by atoms with Crippen molar-refractivity contribution < 1.29 is 9.53 Å². The number of ether oxygens (including phenoxy) is 1. The number of aromatic nitrogens is 2. The molecule has 3 rings (SSSR count). The smallest absolute Gasteiger partial charge is 0.226 e. The molecule has 1 fully saturated rings. The Kier molecular flexibility index (Phi) is 5.96. The van der Waals surface area contributed by atoms with Crippen LogP contribution in [0.2, 0.25) is 0 Å². The molecule has 1 aromatic heterocycles. The quantitative estimate of drug-likeness (QED) is 0.725. The third kappa shape index (κ3) is 4.45. The second-order valence-electron chi connectivity index (χ2n) is 7.56. The van der Waals surface area contributed by atoms with Crippen LogP contribution in [0.3, 0.4) is 0 Å². The van der Waals surface area contributed by atoms with Crippen molar-refractivity contribution in [2.24, 2.45) is 11.8 Å². The minimum Gasteiger partial charge on any atom is -0.497 e. The lowest BCUT2D eigenvalue weighted by atomic mass is 9.84. The monoisotopic (exact) mass is 355 g/mol. The fourth-order valence-corrected chi connectivity index (χ4v) is 3.36. The Morgan fingerprint density at radius 3 is 2.85 bits per heavy atom. The number of imidazole rings is 1. The molecule has 1 aromatic carbocycles. The van der Waals surface area contributed by atoms with Crippen molar-refractivity contribution in [3.63, 3.8) is 0 Å². The van der Waals surface area contributed by atoms with Crippen LogP contribution in [0, 0.1) is 11.8 Å². The number of carbonyl (C=O) groups is 1. The highest BCUT2D eigenvalue weighted by atomic mass is 16.5. The Bertz CT molecular complexity index is 734. The fourth-order valence-electron chi connectivity index (χ4n) is 3.36. The van der Waals surface area contributed by atoms with E-state index in [0.717, 1.165) is 43.1 Å². The van der Waals surface area contributed by atoms with Crippen molar-refractivity contribution in [3.8, 4) is 5.75 Å². The Balaban J connectivity index is 1.73. The minimum absolute atomic E-state index is 0.218. The third-order valence-electron chi connectivity index (χ3n) is 4.97.